The highest BCUT2D eigenvalue weighted by Crippen LogP contribution is 2.43. The minimum absolute atomic E-state index is 0.196. The van der Waals surface area contributed by atoms with Gasteiger partial charge in [-0.15, -0.1) is 0 Å². The summed E-state index contributed by atoms with van der Waals surface area (Å²) >= 11 is 0. The number of rotatable bonds is 21. The number of amides is 3. The zero-order valence-electron chi connectivity index (χ0n) is 57.8. The number of benzene rings is 3. The van der Waals surface area contributed by atoms with Crippen molar-refractivity contribution in [1.29, 1.82) is 0 Å². The van der Waals surface area contributed by atoms with Crippen molar-refractivity contribution in [2.75, 3.05) is 32.7 Å². The summed E-state index contributed by atoms with van der Waals surface area (Å²) in [6, 6.07) is 25.1. The number of alkyl carbamates (subject to hydrolysis) is 1. The maximum absolute atomic E-state index is 14.5. The summed E-state index contributed by atoms with van der Waals surface area (Å²) in [6.45, 7) is 44.8. The van der Waals surface area contributed by atoms with Gasteiger partial charge in [0.05, 0.1) is 16.2 Å². The smallest absolute Gasteiger partial charge is 0.410 e. The molecule has 3 aromatic carbocycles. The molecule has 2 aliphatic heterocycles. The van der Waals surface area contributed by atoms with Crippen LogP contribution in [-0.4, -0.2) is 117 Å². The first-order valence-electron chi connectivity index (χ1n) is 31.8. The molecule has 5 rings (SSSR count). The Bertz CT molecular complexity index is 2770. The molecular formula is C72H110N4O12. The summed E-state index contributed by atoms with van der Waals surface area (Å²) in [6.07, 6.45) is 1.58. The van der Waals surface area contributed by atoms with Crippen LogP contribution < -0.4 is 5.32 Å². The summed E-state index contributed by atoms with van der Waals surface area (Å²) in [5.41, 5.74) is -1.16. The minimum Gasteiger partial charge on any atom is -0.460 e. The van der Waals surface area contributed by atoms with Gasteiger partial charge in [0.2, 0.25) is 0 Å². The van der Waals surface area contributed by atoms with Gasteiger partial charge in [0.25, 0.3) is 0 Å². The van der Waals surface area contributed by atoms with Gasteiger partial charge in [-0.3, -0.25) is 19.3 Å². The largest absolute Gasteiger partial charge is 0.460 e. The summed E-state index contributed by atoms with van der Waals surface area (Å²) in [5.74, 6) is -1.54. The van der Waals surface area contributed by atoms with Crippen molar-refractivity contribution in [1.82, 2.24) is 20.0 Å². The predicted octanol–water partition coefficient (Wildman–Crippen LogP) is 14.6. The molecular weight excluding hydrogens is 1110 g/mol. The lowest BCUT2D eigenvalue weighted by atomic mass is 9.72. The third-order valence-electron chi connectivity index (χ3n) is 16.3. The standard InChI is InChI=1S/C72H110N4O12/c1-49(32-35-73-61(80)86-67(11,12)13)70(20,58(77)83-64(2,3)4)41-50-26-23-29-53(38-50)44-74(45-54-30-24-27-51(39-54)42-71(21,59(78)84-65(5,6)7)56-33-36-75(47-56)62(81)87-68(14,15)16)46-55-31-25-28-52(40-55)43-72(22,60(79)85-66(8,9)10)57-34-37-76(48-57)63(82)88-69(17,18)19/h23-31,38-40,49,56-57H,32-37,41-48H2,1-22H3,(H,73,80)/t49-,56+,57+,70?,71?,72?/m1/s1. The van der Waals surface area contributed by atoms with Gasteiger partial charge in [0, 0.05) is 52.4 Å². The highest BCUT2D eigenvalue weighted by molar-refractivity contribution is 5.80. The summed E-state index contributed by atoms with van der Waals surface area (Å²) in [5, 5.41) is 2.87. The second-order valence-electron chi connectivity index (χ2n) is 31.8. The molecule has 0 bridgehead atoms. The maximum Gasteiger partial charge on any atom is 0.410 e. The number of ether oxygens (including phenoxy) is 6. The number of hydrogen-bond donors (Lipinski definition) is 1. The Labute approximate surface area is 528 Å². The van der Waals surface area contributed by atoms with Crippen molar-refractivity contribution in [3.8, 4) is 0 Å². The normalized spacial score (nSPS) is 18.5. The number of nitrogens with one attached hydrogen (secondary N) is 1. The molecule has 1 N–H and O–H groups in total. The Hall–Kier alpha value is -6.16. The van der Waals surface area contributed by atoms with E-state index in [9.17, 15) is 28.8 Å². The number of nitrogens with zero attached hydrogens (tertiary/aromatic N) is 3. The first-order valence-corrected chi connectivity index (χ1v) is 31.8. The zero-order chi connectivity index (χ0) is 66.2. The highest BCUT2D eigenvalue weighted by atomic mass is 16.6. The van der Waals surface area contributed by atoms with Crippen LogP contribution in [0.2, 0.25) is 0 Å². The minimum atomic E-state index is -0.983. The molecule has 3 aromatic rings. The van der Waals surface area contributed by atoms with Crippen molar-refractivity contribution in [2.24, 2.45) is 34.0 Å². The molecule has 6 atom stereocenters. The van der Waals surface area contributed by atoms with Gasteiger partial charge in [-0.1, -0.05) is 79.7 Å². The number of hydrogen-bond acceptors (Lipinski definition) is 13. The number of esters is 3. The molecule has 0 saturated carbocycles. The Morgan fingerprint density at radius 2 is 0.773 bits per heavy atom. The molecule has 0 radical (unpaired) electrons. The van der Waals surface area contributed by atoms with E-state index in [2.05, 4.69) is 58.7 Å². The number of likely N-dealkylation sites (tertiary alicyclic amines) is 2. The fourth-order valence-corrected chi connectivity index (χ4v) is 11.7. The molecule has 2 fully saturated rings. The molecule has 0 aromatic heterocycles. The van der Waals surface area contributed by atoms with E-state index in [1.807, 2.05) is 177 Å². The zero-order valence-corrected chi connectivity index (χ0v) is 57.8. The predicted molar refractivity (Wildman–Crippen MR) is 345 cm³/mol. The van der Waals surface area contributed by atoms with E-state index in [1.165, 1.54) is 0 Å². The molecule has 3 unspecified atom stereocenters. The van der Waals surface area contributed by atoms with Gasteiger partial charge in [0.1, 0.15) is 33.6 Å². The van der Waals surface area contributed by atoms with Crippen LogP contribution in [0, 0.1) is 34.0 Å². The Morgan fingerprint density at radius 1 is 0.455 bits per heavy atom. The second kappa shape index (κ2) is 28.3. The van der Waals surface area contributed by atoms with Crippen LogP contribution in [0.1, 0.15) is 205 Å². The van der Waals surface area contributed by atoms with Crippen LogP contribution in [0.25, 0.3) is 0 Å². The topological polar surface area (TPSA) is 180 Å². The van der Waals surface area contributed by atoms with Crippen LogP contribution in [0.15, 0.2) is 72.8 Å². The van der Waals surface area contributed by atoms with Gasteiger partial charge in [0.15, 0.2) is 0 Å². The molecule has 0 spiro atoms. The molecule has 2 aliphatic rings. The Kier molecular flexibility index (Phi) is 23.4. The van der Waals surface area contributed by atoms with E-state index in [4.69, 9.17) is 28.4 Å². The quantitative estimate of drug-likeness (QED) is 0.0787. The highest BCUT2D eigenvalue weighted by Gasteiger charge is 2.50. The van der Waals surface area contributed by atoms with Crippen molar-refractivity contribution in [2.45, 2.75) is 244 Å². The first-order chi connectivity index (χ1) is 40.2. The van der Waals surface area contributed by atoms with E-state index in [-0.39, 0.29) is 35.7 Å². The fraction of sp³-hybridized carbons (Fsp3) is 0.667. The molecule has 0 aliphatic carbocycles. The van der Waals surface area contributed by atoms with Crippen LogP contribution in [0.4, 0.5) is 14.4 Å². The lowest BCUT2D eigenvalue weighted by molar-refractivity contribution is -0.171. The lowest BCUT2D eigenvalue weighted by Crippen LogP contribution is -2.44. The maximum atomic E-state index is 14.5. The van der Waals surface area contributed by atoms with Crippen molar-refractivity contribution >= 4 is 36.2 Å². The SMILES string of the molecule is C[C@H](CCNC(=O)OC(C)(C)C)C(C)(Cc1cccc(CN(Cc2cccc(CC(C)(C(=O)OC(C)(C)C)[C@H]3CCN(C(=O)OC(C)(C)C)C3)c2)Cc2cccc(CC(C)(C(=O)OC(C)(C)C)[C@H]3CCN(C(=O)OC(C)(C)C)C3)c2)c1)C(=O)OC(C)(C)C. The van der Waals surface area contributed by atoms with E-state index < -0.39 is 68.1 Å². The molecule has 2 saturated heterocycles. The third-order valence-corrected chi connectivity index (χ3v) is 16.3. The van der Waals surface area contributed by atoms with Gasteiger partial charge < -0.3 is 43.5 Å². The van der Waals surface area contributed by atoms with E-state index in [1.54, 1.807) is 9.80 Å². The Balaban J connectivity index is 1.54. The average Bonchev–Trinajstić information content (AvgIpc) is 4.20. The fourth-order valence-electron chi connectivity index (χ4n) is 11.7. The summed E-state index contributed by atoms with van der Waals surface area (Å²) in [7, 11) is 0. The second-order valence-corrected chi connectivity index (χ2v) is 31.8. The molecule has 3 amide bonds. The van der Waals surface area contributed by atoms with Gasteiger partial charge >= 0.3 is 36.2 Å². The van der Waals surface area contributed by atoms with Gasteiger partial charge in [-0.05, 0) is 235 Å². The van der Waals surface area contributed by atoms with Crippen LogP contribution in [0.5, 0.6) is 0 Å². The number of carbonyl (C=O) groups excluding carboxylic acids is 6. The van der Waals surface area contributed by atoms with Crippen LogP contribution in [0.3, 0.4) is 0 Å². The van der Waals surface area contributed by atoms with E-state index in [0.717, 1.165) is 33.4 Å². The van der Waals surface area contributed by atoms with Crippen LogP contribution >= 0.6 is 0 Å². The Morgan fingerprint density at radius 3 is 1.11 bits per heavy atom. The van der Waals surface area contributed by atoms with Crippen molar-refractivity contribution < 1.29 is 57.2 Å². The van der Waals surface area contributed by atoms with Gasteiger partial charge in [-0.2, -0.15) is 0 Å². The lowest BCUT2D eigenvalue weighted by Gasteiger charge is -2.36. The van der Waals surface area contributed by atoms with Gasteiger partial charge in [-0.25, -0.2) is 14.4 Å². The summed E-state index contributed by atoms with van der Waals surface area (Å²) in [4.78, 5) is 88.6. The summed E-state index contributed by atoms with van der Waals surface area (Å²) < 4.78 is 35.5. The van der Waals surface area contributed by atoms with Crippen molar-refractivity contribution in [3.05, 3.63) is 106 Å². The molecule has 2 heterocycles. The monoisotopic (exact) mass is 1220 g/mol. The average molecular weight is 1220 g/mol. The molecule has 16 nitrogen and oxygen atoms in total. The molecule has 490 valence electrons. The third kappa shape index (κ3) is 22.4. The van der Waals surface area contributed by atoms with E-state index >= 15 is 0 Å². The molecule has 16 heteroatoms. The number of carbonyl (C=O) groups is 6. The van der Waals surface area contributed by atoms with Crippen LogP contribution in [-0.2, 0) is 81.7 Å². The molecule has 88 heavy (non-hydrogen) atoms. The van der Waals surface area contributed by atoms with E-state index in [0.29, 0.717) is 90.9 Å². The first kappa shape index (κ1) is 72.6. The van der Waals surface area contributed by atoms with Crippen molar-refractivity contribution in [3.63, 3.8) is 0 Å².